The van der Waals surface area contributed by atoms with Crippen LogP contribution in [-0.2, 0) is 32.3 Å². The summed E-state index contributed by atoms with van der Waals surface area (Å²) in [7, 11) is 0. The van der Waals surface area contributed by atoms with E-state index in [1.807, 2.05) is 30.0 Å². The first-order chi connectivity index (χ1) is 15.0. The lowest BCUT2D eigenvalue weighted by molar-refractivity contribution is -0.149. The number of carbonyl (C=O) groups is 4. The molecule has 3 fully saturated rings. The molecule has 2 aliphatic carbocycles. The summed E-state index contributed by atoms with van der Waals surface area (Å²) < 4.78 is 0. The summed E-state index contributed by atoms with van der Waals surface area (Å²) in [6, 6.07) is 5.91. The van der Waals surface area contributed by atoms with Crippen molar-refractivity contribution in [1.82, 2.24) is 15.1 Å². The number of hydrogen-bond acceptors (Lipinski definition) is 5. The van der Waals surface area contributed by atoms with Crippen LogP contribution in [0, 0.1) is 23.7 Å². The number of imide groups is 1. The van der Waals surface area contributed by atoms with Gasteiger partial charge in [-0.15, -0.1) is 0 Å². The normalized spacial score (nSPS) is 29.0. The first kappa shape index (κ1) is 20.0. The standard InChI is InChI=1S/C23H28N4O4/c1-2-26-11-14-9-13(3-6-17(14)24-8-7-19(26)29)10-25-18(28)12-27-22(30)20-15-4-5-16(15)21(20)23(27)31/h3,6,9,15-16,20-21,24H,2,4-5,7-8,10-12H2,1H3,(H,25,28)/t15-,16?,20+,21-/m0/s1. The number of anilines is 1. The Labute approximate surface area is 181 Å². The molecular formula is C23H28N4O4. The Hall–Kier alpha value is -2.90. The van der Waals surface area contributed by atoms with E-state index in [2.05, 4.69) is 10.6 Å². The van der Waals surface area contributed by atoms with Crippen LogP contribution in [0.15, 0.2) is 18.2 Å². The highest BCUT2D eigenvalue weighted by atomic mass is 16.2. The van der Waals surface area contributed by atoms with E-state index in [4.69, 9.17) is 0 Å². The fraction of sp³-hybridized carbons (Fsp3) is 0.565. The van der Waals surface area contributed by atoms with E-state index < -0.39 is 0 Å². The van der Waals surface area contributed by atoms with Crippen LogP contribution in [0.25, 0.3) is 0 Å². The molecule has 164 valence electrons. The van der Waals surface area contributed by atoms with Crippen molar-refractivity contribution in [2.45, 2.75) is 39.3 Å². The maximum absolute atomic E-state index is 12.6. The Kier molecular flexibility index (Phi) is 4.95. The monoisotopic (exact) mass is 424 g/mol. The molecule has 4 atom stereocenters. The lowest BCUT2D eigenvalue weighted by Crippen LogP contribution is -2.54. The largest absolute Gasteiger partial charge is 0.384 e. The summed E-state index contributed by atoms with van der Waals surface area (Å²) in [4.78, 5) is 52.8. The maximum Gasteiger partial charge on any atom is 0.240 e. The van der Waals surface area contributed by atoms with Gasteiger partial charge in [0.15, 0.2) is 0 Å². The molecule has 0 radical (unpaired) electrons. The van der Waals surface area contributed by atoms with E-state index >= 15 is 0 Å². The van der Waals surface area contributed by atoms with Crippen LogP contribution >= 0.6 is 0 Å². The molecule has 2 saturated carbocycles. The van der Waals surface area contributed by atoms with Crippen molar-refractivity contribution in [3.05, 3.63) is 29.3 Å². The fourth-order valence-electron chi connectivity index (χ4n) is 5.63. The Morgan fingerprint density at radius 3 is 2.48 bits per heavy atom. The van der Waals surface area contributed by atoms with Gasteiger partial charge in [0.25, 0.3) is 0 Å². The third kappa shape index (κ3) is 3.28. The fourth-order valence-corrected chi connectivity index (χ4v) is 5.63. The lowest BCUT2D eigenvalue weighted by Gasteiger charge is -2.53. The van der Waals surface area contributed by atoms with Crippen LogP contribution in [-0.4, -0.2) is 53.1 Å². The number of nitrogens with one attached hydrogen (secondary N) is 2. The van der Waals surface area contributed by atoms with Gasteiger partial charge in [0.05, 0.1) is 11.8 Å². The van der Waals surface area contributed by atoms with E-state index in [9.17, 15) is 19.2 Å². The maximum atomic E-state index is 12.6. The molecule has 2 aliphatic heterocycles. The average Bonchev–Trinajstić information content (AvgIpc) is 2.92. The zero-order valence-electron chi connectivity index (χ0n) is 17.7. The van der Waals surface area contributed by atoms with Gasteiger partial charge in [-0.05, 0) is 48.8 Å². The molecule has 0 bridgehead atoms. The second-order valence-corrected chi connectivity index (χ2v) is 9.07. The van der Waals surface area contributed by atoms with E-state index in [0.29, 0.717) is 44.4 Å². The molecule has 8 heteroatoms. The Morgan fingerprint density at radius 2 is 1.84 bits per heavy atom. The highest BCUT2D eigenvalue weighted by Gasteiger charge is 2.67. The quantitative estimate of drug-likeness (QED) is 0.690. The summed E-state index contributed by atoms with van der Waals surface area (Å²) in [5.74, 6) is -0.158. The van der Waals surface area contributed by atoms with Crippen LogP contribution in [0.4, 0.5) is 5.69 Å². The molecule has 2 N–H and O–H groups in total. The van der Waals surface area contributed by atoms with Gasteiger partial charge in [-0.3, -0.25) is 24.1 Å². The molecule has 4 amide bonds. The third-order valence-corrected chi connectivity index (χ3v) is 7.51. The minimum atomic E-state index is -0.328. The predicted molar refractivity (Wildman–Crippen MR) is 112 cm³/mol. The van der Waals surface area contributed by atoms with Crippen molar-refractivity contribution in [2.75, 3.05) is 25.0 Å². The van der Waals surface area contributed by atoms with Gasteiger partial charge in [-0.25, -0.2) is 0 Å². The molecule has 1 saturated heterocycles. The molecule has 0 aromatic heterocycles. The molecule has 0 spiro atoms. The summed E-state index contributed by atoms with van der Waals surface area (Å²) in [5.41, 5.74) is 2.92. The smallest absolute Gasteiger partial charge is 0.240 e. The van der Waals surface area contributed by atoms with Gasteiger partial charge >= 0.3 is 0 Å². The summed E-state index contributed by atoms with van der Waals surface area (Å²) in [6.07, 6.45) is 2.53. The summed E-state index contributed by atoms with van der Waals surface area (Å²) in [6.45, 7) is 3.85. The number of rotatable bonds is 5. The van der Waals surface area contributed by atoms with Crippen LogP contribution in [0.2, 0.25) is 0 Å². The van der Waals surface area contributed by atoms with Crippen LogP contribution in [0.1, 0.15) is 37.3 Å². The van der Waals surface area contributed by atoms with Gasteiger partial charge in [-0.2, -0.15) is 0 Å². The number of carbonyl (C=O) groups excluding carboxylic acids is 4. The molecule has 2 heterocycles. The lowest BCUT2D eigenvalue weighted by atomic mass is 9.48. The van der Waals surface area contributed by atoms with Gasteiger partial charge in [0.1, 0.15) is 6.54 Å². The van der Waals surface area contributed by atoms with Gasteiger partial charge < -0.3 is 15.5 Å². The van der Waals surface area contributed by atoms with Gasteiger partial charge in [0, 0.05) is 38.3 Å². The number of benzene rings is 1. The van der Waals surface area contributed by atoms with E-state index in [1.54, 1.807) is 0 Å². The topological polar surface area (TPSA) is 98.8 Å². The molecule has 5 rings (SSSR count). The summed E-state index contributed by atoms with van der Waals surface area (Å²) >= 11 is 0. The summed E-state index contributed by atoms with van der Waals surface area (Å²) in [5, 5.41) is 6.14. The molecule has 1 aromatic rings. The first-order valence-corrected chi connectivity index (χ1v) is 11.2. The molecule has 8 nitrogen and oxygen atoms in total. The van der Waals surface area contributed by atoms with Crippen molar-refractivity contribution in [1.29, 1.82) is 0 Å². The molecule has 4 aliphatic rings. The molecule has 31 heavy (non-hydrogen) atoms. The second-order valence-electron chi connectivity index (χ2n) is 9.07. The van der Waals surface area contributed by atoms with E-state index in [1.165, 1.54) is 0 Å². The van der Waals surface area contributed by atoms with Crippen LogP contribution in [0.3, 0.4) is 0 Å². The number of hydrogen-bond donors (Lipinski definition) is 2. The zero-order chi connectivity index (χ0) is 21.7. The molecule has 1 aromatic carbocycles. The molecular weight excluding hydrogens is 396 g/mol. The van der Waals surface area contributed by atoms with E-state index in [-0.39, 0.29) is 42.0 Å². The first-order valence-electron chi connectivity index (χ1n) is 11.2. The van der Waals surface area contributed by atoms with Gasteiger partial charge in [-0.1, -0.05) is 12.1 Å². The van der Waals surface area contributed by atoms with Crippen molar-refractivity contribution in [3.63, 3.8) is 0 Å². The number of fused-ring (bicyclic) bond motifs is 5. The zero-order valence-corrected chi connectivity index (χ0v) is 17.7. The number of amides is 4. The van der Waals surface area contributed by atoms with Gasteiger partial charge in [0.2, 0.25) is 23.6 Å². The van der Waals surface area contributed by atoms with E-state index in [0.717, 1.165) is 34.6 Å². The number of likely N-dealkylation sites (tertiary alicyclic amines) is 1. The van der Waals surface area contributed by atoms with Crippen LogP contribution in [0.5, 0.6) is 0 Å². The third-order valence-electron chi connectivity index (χ3n) is 7.51. The molecule has 1 unspecified atom stereocenters. The highest BCUT2D eigenvalue weighted by Crippen LogP contribution is 2.61. The number of nitrogens with zero attached hydrogens (tertiary/aromatic N) is 2. The highest BCUT2D eigenvalue weighted by molar-refractivity contribution is 6.09. The van der Waals surface area contributed by atoms with Crippen LogP contribution < -0.4 is 10.6 Å². The second kappa shape index (κ2) is 7.66. The average molecular weight is 425 g/mol. The SMILES string of the molecule is CCN1Cc2cc(CNC(=O)CN3C(=O)[C@@H]4[C@H]5CCC5[C@@H]4C3=O)ccc2NCCC1=O. The Morgan fingerprint density at radius 1 is 1.13 bits per heavy atom. The van der Waals surface area contributed by atoms with Crippen molar-refractivity contribution < 1.29 is 19.2 Å². The van der Waals surface area contributed by atoms with Crippen molar-refractivity contribution in [2.24, 2.45) is 23.7 Å². The minimum absolute atomic E-state index is 0.127. The predicted octanol–water partition coefficient (Wildman–Crippen LogP) is 1.11. The Balaban J connectivity index is 1.20. The van der Waals surface area contributed by atoms with Crippen molar-refractivity contribution in [3.8, 4) is 0 Å². The van der Waals surface area contributed by atoms with Crippen molar-refractivity contribution >= 4 is 29.3 Å². The Bertz CT molecular complexity index is 933. The minimum Gasteiger partial charge on any atom is -0.384 e.